The first-order valence-electron chi connectivity index (χ1n) is 7.62. The first-order valence-corrected chi connectivity index (χ1v) is 10.4. The van der Waals surface area contributed by atoms with E-state index in [1.54, 1.807) is 0 Å². The molecule has 1 N–H and O–H groups in total. The van der Waals surface area contributed by atoms with Crippen LogP contribution in [0.4, 0.5) is 0 Å². The minimum absolute atomic E-state index is 0.0801. The molecule has 0 aromatic heterocycles. The van der Waals surface area contributed by atoms with Gasteiger partial charge in [0.15, 0.2) is 9.04 Å². The Kier molecular flexibility index (Phi) is 4.67. The summed E-state index contributed by atoms with van der Waals surface area (Å²) in [4.78, 5) is 0. The maximum Gasteiger partial charge on any atom is 0.173 e. The average molecular weight is 255 g/mol. The molecular formula is C14H29NOSi. The number of piperidine rings is 2. The van der Waals surface area contributed by atoms with E-state index in [9.17, 15) is 0 Å². The smallest absolute Gasteiger partial charge is 0.173 e. The van der Waals surface area contributed by atoms with Gasteiger partial charge in [-0.3, -0.25) is 5.32 Å². The Morgan fingerprint density at radius 3 is 2.82 bits per heavy atom. The summed E-state index contributed by atoms with van der Waals surface area (Å²) >= 11 is 0. The summed E-state index contributed by atoms with van der Waals surface area (Å²) in [6.07, 6.45) is 10.8. The molecule has 0 radical (unpaired) electrons. The zero-order valence-electron chi connectivity index (χ0n) is 11.8. The van der Waals surface area contributed by atoms with Gasteiger partial charge in [-0.15, -0.1) is 0 Å². The van der Waals surface area contributed by atoms with Crippen molar-refractivity contribution in [3.8, 4) is 0 Å². The molecule has 3 heteroatoms. The molecule has 0 aromatic carbocycles. The topological polar surface area (TPSA) is 21.3 Å². The van der Waals surface area contributed by atoms with Crippen LogP contribution in [0.3, 0.4) is 0 Å². The molecule has 100 valence electrons. The van der Waals surface area contributed by atoms with E-state index in [0.29, 0.717) is 0 Å². The number of rotatable bonds is 5. The van der Waals surface area contributed by atoms with Gasteiger partial charge in [0.05, 0.1) is 0 Å². The molecular weight excluding hydrogens is 226 g/mol. The number of hydrogen-bond acceptors (Lipinski definition) is 2. The molecule has 0 saturated carbocycles. The molecule has 2 aliphatic heterocycles. The van der Waals surface area contributed by atoms with Crippen LogP contribution in [-0.4, -0.2) is 20.8 Å². The van der Waals surface area contributed by atoms with E-state index in [4.69, 9.17) is 4.43 Å². The van der Waals surface area contributed by atoms with Crippen molar-refractivity contribution in [1.29, 1.82) is 0 Å². The standard InChI is InChI=1S/C14H29NOSi/c1-4-5-7-12-9-10-13-8-6-11-14(12,15-13)16-17(2)3/h12-13,15,17H,4-11H2,1-3H3. The SMILES string of the molecule is CCCCC1CCC2CCCC1(O[SiH](C)C)N2. The van der Waals surface area contributed by atoms with Crippen molar-refractivity contribution in [1.82, 2.24) is 5.32 Å². The predicted octanol–water partition coefficient (Wildman–Crippen LogP) is 3.43. The van der Waals surface area contributed by atoms with E-state index < -0.39 is 9.04 Å². The largest absolute Gasteiger partial charge is 0.403 e. The van der Waals surface area contributed by atoms with Crippen LogP contribution in [0.1, 0.15) is 58.3 Å². The third-order valence-corrected chi connectivity index (χ3v) is 5.32. The fourth-order valence-corrected chi connectivity index (χ4v) is 4.93. The number of nitrogens with one attached hydrogen (secondary N) is 1. The van der Waals surface area contributed by atoms with Gasteiger partial charge in [0, 0.05) is 12.0 Å². The molecule has 0 amide bonds. The summed E-state index contributed by atoms with van der Waals surface area (Å²) in [6.45, 7) is 6.92. The first kappa shape index (κ1) is 13.6. The highest BCUT2D eigenvalue weighted by Crippen LogP contribution is 2.41. The van der Waals surface area contributed by atoms with Gasteiger partial charge in [0.1, 0.15) is 5.72 Å². The quantitative estimate of drug-likeness (QED) is 0.760. The highest BCUT2D eigenvalue weighted by molar-refractivity contribution is 6.48. The Morgan fingerprint density at radius 2 is 2.12 bits per heavy atom. The normalized spacial score (nSPS) is 37.4. The Balaban J connectivity index is 2.06. The van der Waals surface area contributed by atoms with Crippen LogP contribution < -0.4 is 5.32 Å². The zero-order valence-corrected chi connectivity index (χ0v) is 13.0. The Labute approximate surface area is 108 Å². The number of fused-ring (bicyclic) bond motifs is 2. The minimum atomic E-state index is -0.957. The van der Waals surface area contributed by atoms with Crippen LogP contribution >= 0.6 is 0 Å². The summed E-state index contributed by atoms with van der Waals surface area (Å²) in [6, 6.07) is 0.745. The van der Waals surface area contributed by atoms with Crippen LogP contribution in [0, 0.1) is 5.92 Å². The third kappa shape index (κ3) is 3.12. The molecule has 2 bridgehead atoms. The molecule has 17 heavy (non-hydrogen) atoms. The summed E-state index contributed by atoms with van der Waals surface area (Å²) in [5.74, 6) is 0.772. The first-order chi connectivity index (χ1) is 8.16. The van der Waals surface area contributed by atoms with Crippen molar-refractivity contribution < 1.29 is 4.43 Å². The van der Waals surface area contributed by atoms with Gasteiger partial charge in [0.25, 0.3) is 0 Å². The number of unbranched alkanes of at least 4 members (excludes halogenated alkanes) is 1. The van der Waals surface area contributed by atoms with Crippen LogP contribution in [0.5, 0.6) is 0 Å². The number of hydrogen-bond donors (Lipinski definition) is 1. The van der Waals surface area contributed by atoms with Crippen LogP contribution in [-0.2, 0) is 4.43 Å². The maximum atomic E-state index is 6.49. The molecule has 2 fully saturated rings. The Bertz CT molecular complexity index is 240. The van der Waals surface area contributed by atoms with E-state index in [0.717, 1.165) is 12.0 Å². The molecule has 2 nitrogen and oxygen atoms in total. The lowest BCUT2D eigenvalue weighted by molar-refractivity contribution is -0.0915. The van der Waals surface area contributed by atoms with Gasteiger partial charge < -0.3 is 4.43 Å². The van der Waals surface area contributed by atoms with Crippen molar-refractivity contribution in [3.63, 3.8) is 0 Å². The summed E-state index contributed by atoms with van der Waals surface area (Å²) in [5, 5.41) is 3.87. The Hall–Kier alpha value is 0.137. The van der Waals surface area contributed by atoms with E-state index in [1.165, 1.54) is 51.4 Å². The highest BCUT2D eigenvalue weighted by atomic mass is 28.3. The molecule has 3 unspecified atom stereocenters. The molecule has 2 aliphatic rings. The van der Waals surface area contributed by atoms with E-state index >= 15 is 0 Å². The summed E-state index contributed by atoms with van der Waals surface area (Å²) < 4.78 is 6.49. The molecule has 0 aliphatic carbocycles. The second-order valence-electron chi connectivity index (χ2n) is 6.21. The van der Waals surface area contributed by atoms with Gasteiger partial charge in [-0.05, 0) is 51.6 Å². The Morgan fingerprint density at radius 1 is 1.29 bits per heavy atom. The van der Waals surface area contributed by atoms with Crippen LogP contribution in [0.15, 0.2) is 0 Å². The molecule has 0 aromatic rings. The van der Waals surface area contributed by atoms with Crippen molar-refractivity contribution >= 4 is 9.04 Å². The second kappa shape index (κ2) is 5.85. The lowest BCUT2D eigenvalue weighted by Crippen LogP contribution is -2.63. The van der Waals surface area contributed by atoms with Crippen LogP contribution in [0.25, 0.3) is 0 Å². The zero-order chi connectivity index (χ0) is 12.3. The lowest BCUT2D eigenvalue weighted by Gasteiger charge is -2.52. The van der Waals surface area contributed by atoms with Crippen molar-refractivity contribution in [2.24, 2.45) is 5.92 Å². The highest BCUT2D eigenvalue weighted by Gasteiger charge is 2.46. The molecule has 0 spiro atoms. The van der Waals surface area contributed by atoms with Gasteiger partial charge in [-0.2, -0.15) is 0 Å². The summed E-state index contributed by atoms with van der Waals surface area (Å²) in [5.41, 5.74) is 0.0801. The van der Waals surface area contributed by atoms with Crippen molar-refractivity contribution in [2.45, 2.75) is 83.2 Å². The second-order valence-corrected chi connectivity index (χ2v) is 8.54. The molecule has 2 heterocycles. The minimum Gasteiger partial charge on any atom is -0.403 e. The van der Waals surface area contributed by atoms with Crippen LogP contribution in [0.2, 0.25) is 13.1 Å². The summed E-state index contributed by atoms with van der Waals surface area (Å²) in [7, 11) is -0.957. The van der Waals surface area contributed by atoms with Crippen molar-refractivity contribution in [2.75, 3.05) is 0 Å². The average Bonchev–Trinajstić information content (AvgIpc) is 2.27. The monoisotopic (exact) mass is 255 g/mol. The molecule has 2 rings (SSSR count). The van der Waals surface area contributed by atoms with Gasteiger partial charge in [-0.1, -0.05) is 19.8 Å². The van der Waals surface area contributed by atoms with E-state index in [1.807, 2.05) is 0 Å². The van der Waals surface area contributed by atoms with Gasteiger partial charge in [0.2, 0.25) is 0 Å². The van der Waals surface area contributed by atoms with Gasteiger partial charge in [-0.25, -0.2) is 0 Å². The fourth-order valence-electron chi connectivity index (χ4n) is 3.71. The molecule has 3 atom stereocenters. The van der Waals surface area contributed by atoms with Crippen molar-refractivity contribution in [3.05, 3.63) is 0 Å². The fraction of sp³-hybridized carbons (Fsp3) is 1.00. The van der Waals surface area contributed by atoms with E-state index in [-0.39, 0.29) is 5.72 Å². The maximum absolute atomic E-state index is 6.49. The van der Waals surface area contributed by atoms with E-state index in [2.05, 4.69) is 25.3 Å². The predicted molar refractivity (Wildman–Crippen MR) is 75.7 cm³/mol. The molecule has 2 saturated heterocycles. The lowest BCUT2D eigenvalue weighted by atomic mass is 9.74. The third-order valence-electron chi connectivity index (χ3n) is 4.42. The van der Waals surface area contributed by atoms with Gasteiger partial charge >= 0.3 is 0 Å².